The van der Waals surface area contributed by atoms with E-state index in [0.717, 1.165) is 36.3 Å². The minimum Gasteiger partial charge on any atom is -0.461 e. The highest BCUT2D eigenvalue weighted by Crippen LogP contribution is 2.31. The Labute approximate surface area is 157 Å². The van der Waals surface area contributed by atoms with Gasteiger partial charge in [-0.3, -0.25) is 4.79 Å². The van der Waals surface area contributed by atoms with Crippen molar-refractivity contribution in [2.24, 2.45) is 11.3 Å². The number of carbonyl (C=O) groups is 1. The summed E-state index contributed by atoms with van der Waals surface area (Å²) >= 11 is 0. The molecule has 0 spiro atoms. The molecule has 2 aromatic carbocycles. The molecule has 0 radical (unpaired) electrons. The number of esters is 1. The predicted octanol–water partition coefficient (Wildman–Crippen LogP) is 6.37. The third-order valence-electron chi connectivity index (χ3n) is 4.84. The van der Waals surface area contributed by atoms with E-state index in [9.17, 15) is 4.79 Å². The SMILES string of the molecule is CCC(CC(C)(C)CC)C(=O)OCc1cccc(Oc2ccccc2)c1. The van der Waals surface area contributed by atoms with E-state index in [2.05, 4.69) is 20.8 Å². The first-order valence-electron chi connectivity index (χ1n) is 9.42. The largest absolute Gasteiger partial charge is 0.461 e. The monoisotopic (exact) mass is 354 g/mol. The van der Waals surface area contributed by atoms with Gasteiger partial charge in [0.1, 0.15) is 18.1 Å². The van der Waals surface area contributed by atoms with Crippen molar-refractivity contribution < 1.29 is 14.3 Å². The van der Waals surface area contributed by atoms with Crippen LogP contribution in [0.4, 0.5) is 0 Å². The van der Waals surface area contributed by atoms with Crippen LogP contribution in [0.5, 0.6) is 11.5 Å². The molecule has 0 saturated carbocycles. The minimum absolute atomic E-state index is 0.0475. The highest BCUT2D eigenvalue weighted by Gasteiger charge is 2.26. The Kier molecular flexibility index (Phi) is 7.26. The second-order valence-electron chi connectivity index (χ2n) is 7.50. The quantitative estimate of drug-likeness (QED) is 0.490. The van der Waals surface area contributed by atoms with Crippen molar-refractivity contribution >= 4 is 5.97 Å². The van der Waals surface area contributed by atoms with Gasteiger partial charge in [-0.05, 0) is 48.1 Å². The molecule has 0 bridgehead atoms. The van der Waals surface area contributed by atoms with Crippen LogP contribution in [-0.4, -0.2) is 5.97 Å². The molecule has 1 atom stereocenters. The van der Waals surface area contributed by atoms with Gasteiger partial charge in [-0.2, -0.15) is 0 Å². The van der Waals surface area contributed by atoms with Crippen molar-refractivity contribution in [3.63, 3.8) is 0 Å². The van der Waals surface area contributed by atoms with E-state index >= 15 is 0 Å². The maximum absolute atomic E-state index is 12.5. The molecule has 0 fully saturated rings. The number of hydrogen-bond donors (Lipinski definition) is 0. The fourth-order valence-electron chi connectivity index (χ4n) is 2.80. The van der Waals surface area contributed by atoms with Gasteiger partial charge in [0.25, 0.3) is 0 Å². The average molecular weight is 354 g/mol. The fraction of sp³-hybridized carbons (Fsp3) is 0.435. The second kappa shape index (κ2) is 9.42. The van der Waals surface area contributed by atoms with Crippen LogP contribution in [0.25, 0.3) is 0 Å². The zero-order valence-electron chi connectivity index (χ0n) is 16.3. The summed E-state index contributed by atoms with van der Waals surface area (Å²) in [5, 5.41) is 0. The number of ether oxygens (including phenoxy) is 2. The van der Waals surface area contributed by atoms with Gasteiger partial charge in [0.05, 0.1) is 5.92 Å². The molecule has 140 valence electrons. The molecule has 0 aromatic heterocycles. The zero-order valence-corrected chi connectivity index (χ0v) is 16.3. The van der Waals surface area contributed by atoms with E-state index in [-0.39, 0.29) is 23.9 Å². The maximum Gasteiger partial charge on any atom is 0.309 e. The zero-order chi connectivity index (χ0) is 19.0. The van der Waals surface area contributed by atoms with E-state index < -0.39 is 0 Å². The van der Waals surface area contributed by atoms with Crippen LogP contribution in [-0.2, 0) is 16.1 Å². The average Bonchev–Trinajstić information content (AvgIpc) is 2.65. The molecule has 0 N–H and O–H groups in total. The van der Waals surface area contributed by atoms with Gasteiger partial charge in [0.2, 0.25) is 0 Å². The summed E-state index contributed by atoms with van der Waals surface area (Å²) in [4.78, 5) is 12.5. The number of carbonyl (C=O) groups excluding carboxylic acids is 1. The predicted molar refractivity (Wildman–Crippen MR) is 105 cm³/mol. The lowest BCUT2D eigenvalue weighted by Crippen LogP contribution is -2.24. The molecule has 0 aliphatic rings. The molecule has 3 heteroatoms. The molecule has 0 saturated heterocycles. The molecule has 2 aromatic rings. The Morgan fingerprint density at radius 1 is 1.00 bits per heavy atom. The van der Waals surface area contributed by atoms with Gasteiger partial charge in [-0.1, -0.05) is 64.4 Å². The Hall–Kier alpha value is -2.29. The van der Waals surface area contributed by atoms with Gasteiger partial charge in [0.15, 0.2) is 0 Å². The summed E-state index contributed by atoms with van der Waals surface area (Å²) in [5.41, 5.74) is 1.08. The summed E-state index contributed by atoms with van der Waals surface area (Å²) in [6.07, 6.45) is 2.71. The number of benzene rings is 2. The topological polar surface area (TPSA) is 35.5 Å². The van der Waals surface area contributed by atoms with Crippen molar-refractivity contribution in [1.82, 2.24) is 0 Å². The van der Waals surface area contributed by atoms with E-state index in [1.807, 2.05) is 61.5 Å². The minimum atomic E-state index is -0.108. The van der Waals surface area contributed by atoms with Crippen LogP contribution in [0.3, 0.4) is 0 Å². The standard InChI is InChI=1S/C23H30O3/c1-5-19(16-23(3,4)6-2)22(24)25-17-18-11-10-14-21(15-18)26-20-12-8-7-9-13-20/h7-15,19H,5-6,16-17H2,1-4H3. The molecule has 2 rings (SSSR count). The van der Waals surface area contributed by atoms with Gasteiger partial charge >= 0.3 is 5.97 Å². The summed E-state index contributed by atoms with van der Waals surface area (Å²) < 4.78 is 11.4. The molecule has 0 amide bonds. The van der Waals surface area contributed by atoms with Crippen molar-refractivity contribution in [3.05, 3.63) is 60.2 Å². The van der Waals surface area contributed by atoms with Crippen LogP contribution < -0.4 is 4.74 Å². The first-order valence-corrected chi connectivity index (χ1v) is 9.42. The highest BCUT2D eigenvalue weighted by molar-refractivity contribution is 5.72. The van der Waals surface area contributed by atoms with Gasteiger partial charge in [-0.25, -0.2) is 0 Å². The Morgan fingerprint density at radius 2 is 1.69 bits per heavy atom. The third-order valence-corrected chi connectivity index (χ3v) is 4.84. The third kappa shape index (κ3) is 6.21. The van der Waals surface area contributed by atoms with Crippen LogP contribution in [0.2, 0.25) is 0 Å². The van der Waals surface area contributed by atoms with Gasteiger partial charge in [0, 0.05) is 0 Å². The van der Waals surface area contributed by atoms with Crippen molar-refractivity contribution in [2.75, 3.05) is 0 Å². The first-order chi connectivity index (χ1) is 12.4. The Bertz CT molecular complexity index is 692. The normalized spacial score (nSPS) is 12.5. The highest BCUT2D eigenvalue weighted by atomic mass is 16.5. The number of para-hydroxylation sites is 1. The van der Waals surface area contributed by atoms with Crippen molar-refractivity contribution in [2.45, 2.75) is 53.6 Å². The molecule has 26 heavy (non-hydrogen) atoms. The molecular weight excluding hydrogens is 324 g/mol. The Morgan fingerprint density at radius 3 is 2.35 bits per heavy atom. The molecule has 3 nitrogen and oxygen atoms in total. The summed E-state index contributed by atoms with van der Waals surface area (Å²) in [6.45, 7) is 8.89. The van der Waals surface area contributed by atoms with E-state index in [1.165, 1.54) is 0 Å². The lowest BCUT2D eigenvalue weighted by Gasteiger charge is -2.27. The van der Waals surface area contributed by atoms with E-state index in [4.69, 9.17) is 9.47 Å². The van der Waals surface area contributed by atoms with Crippen molar-refractivity contribution in [1.29, 1.82) is 0 Å². The Balaban J connectivity index is 1.94. The second-order valence-corrected chi connectivity index (χ2v) is 7.50. The van der Waals surface area contributed by atoms with Crippen LogP contribution in [0, 0.1) is 11.3 Å². The molecular formula is C23H30O3. The maximum atomic E-state index is 12.5. The van der Waals surface area contributed by atoms with Crippen molar-refractivity contribution in [3.8, 4) is 11.5 Å². The van der Waals surface area contributed by atoms with Crippen LogP contribution in [0.1, 0.15) is 52.5 Å². The smallest absolute Gasteiger partial charge is 0.309 e. The van der Waals surface area contributed by atoms with E-state index in [1.54, 1.807) is 0 Å². The lowest BCUT2D eigenvalue weighted by molar-refractivity contribution is -0.151. The number of rotatable bonds is 9. The summed E-state index contributed by atoms with van der Waals surface area (Å²) in [6, 6.07) is 17.3. The molecule has 0 aliphatic carbocycles. The summed E-state index contributed by atoms with van der Waals surface area (Å²) in [5.74, 6) is 1.37. The fourth-order valence-corrected chi connectivity index (χ4v) is 2.80. The van der Waals surface area contributed by atoms with Gasteiger partial charge < -0.3 is 9.47 Å². The van der Waals surface area contributed by atoms with Crippen LogP contribution in [0.15, 0.2) is 54.6 Å². The first kappa shape index (κ1) is 20.0. The molecule has 1 unspecified atom stereocenters. The summed E-state index contributed by atoms with van der Waals surface area (Å²) in [7, 11) is 0. The molecule has 0 aliphatic heterocycles. The van der Waals surface area contributed by atoms with E-state index in [0.29, 0.717) is 0 Å². The number of hydrogen-bond acceptors (Lipinski definition) is 3. The van der Waals surface area contributed by atoms with Gasteiger partial charge in [-0.15, -0.1) is 0 Å². The molecule has 0 heterocycles. The lowest BCUT2D eigenvalue weighted by atomic mass is 9.80. The van der Waals surface area contributed by atoms with Crippen LogP contribution >= 0.6 is 0 Å².